The minimum atomic E-state index is -1.99. The lowest BCUT2D eigenvalue weighted by Crippen LogP contribution is -2.64. The zero-order valence-electron chi connectivity index (χ0n) is 15.1. The van der Waals surface area contributed by atoms with Crippen molar-refractivity contribution in [3.8, 4) is 0 Å². The molecule has 3 aromatic rings. The zero-order valence-corrected chi connectivity index (χ0v) is 16.1. The molecule has 0 N–H and O–H groups in total. The highest BCUT2D eigenvalue weighted by atomic mass is 28.3. The summed E-state index contributed by atoms with van der Waals surface area (Å²) in [6, 6.07) is 31.3. The number of rotatable bonds is 3. The maximum atomic E-state index is 2.47. The van der Waals surface area contributed by atoms with E-state index in [9.17, 15) is 0 Å². The Morgan fingerprint density at radius 1 is 0.583 bits per heavy atom. The summed E-state index contributed by atoms with van der Waals surface area (Å²) in [5, 5.41) is 4.40. The van der Waals surface area contributed by atoms with Crippen LogP contribution in [0.4, 0.5) is 0 Å². The fraction of sp³-hybridized carbons (Fsp3) is 0.217. The lowest BCUT2D eigenvalue weighted by molar-refractivity contribution is 0.591. The molecule has 0 saturated carbocycles. The molecule has 3 aromatic carbocycles. The minimum absolute atomic E-state index is 0.165. The molecule has 0 heterocycles. The van der Waals surface area contributed by atoms with E-state index in [1.807, 2.05) is 0 Å². The maximum absolute atomic E-state index is 2.47. The normalized spacial score (nSPS) is 12.2. The zero-order chi connectivity index (χ0) is 17.2. The molecular weight excluding hydrogens is 304 g/mol. The summed E-state index contributed by atoms with van der Waals surface area (Å²) in [6.45, 7) is 9.33. The second kappa shape index (κ2) is 6.41. The van der Waals surface area contributed by atoms with E-state index in [1.54, 1.807) is 0 Å². The molecule has 0 saturated heterocycles. The molecule has 0 aliphatic carbocycles. The van der Waals surface area contributed by atoms with Gasteiger partial charge >= 0.3 is 0 Å². The van der Waals surface area contributed by atoms with E-state index in [2.05, 4.69) is 112 Å². The SMILES string of the molecule is CC(C)(C)c1cccc([Si](C)(c2ccccc2)c2ccccc2)c1. The van der Waals surface area contributed by atoms with Crippen molar-refractivity contribution in [1.82, 2.24) is 0 Å². The topological polar surface area (TPSA) is 0 Å². The van der Waals surface area contributed by atoms with Gasteiger partial charge in [0.1, 0.15) is 8.07 Å². The summed E-state index contributed by atoms with van der Waals surface area (Å²) in [5.74, 6) is 0. The fourth-order valence-electron chi connectivity index (χ4n) is 3.34. The van der Waals surface area contributed by atoms with Crippen LogP contribution in [0.15, 0.2) is 84.9 Å². The first-order chi connectivity index (χ1) is 11.4. The Hall–Kier alpha value is -2.12. The highest BCUT2D eigenvalue weighted by Crippen LogP contribution is 2.21. The summed E-state index contributed by atoms with van der Waals surface area (Å²) >= 11 is 0. The van der Waals surface area contributed by atoms with Crippen molar-refractivity contribution in [2.24, 2.45) is 0 Å². The predicted molar refractivity (Wildman–Crippen MR) is 109 cm³/mol. The standard InChI is InChI=1S/C23H26Si/c1-23(2,3)19-12-11-17-22(18-19)24(4,20-13-7-5-8-14-20)21-15-9-6-10-16-21/h5-18H,1-4H3. The van der Waals surface area contributed by atoms with Gasteiger partial charge < -0.3 is 0 Å². The van der Waals surface area contributed by atoms with Crippen molar-refractivity contribution in [1.29, 1.82) is 0 Å². The molecule has 0 aromatic heterocycles. The summed E-state index contributed by atoms with van der Waals surface area (Å²) in [4.78, 5) is 0. The van der Waals surface area contributed by atoms with Crippen LogP contribution in [-0.2, 0) is 5.41 Å². The maximum Gasteiger partial charge on any atom is 0.145 e. The molecule has 24 heavy (non-hydrogen) atoms. The monoisotopic (exact) mass is 330 g/mol. The summed E-state index contributed by atoms with van der Waals surface area (Å²) in [7, 11) is -1.99. The van der Waals surface area contributed by atoms with Crippen molar-refractivity contribution >= 4 is 23.6 Å². The van der Waals surface area contributed by atoms with Gasteiger partial charge in [0.15, 0.2) is 0 Å². The van der Waals surface area contributed by atoms with E-state index in [1.165, 1.54) is 21.1 Å². The van der Waals surface area contributed by atoms with Gasteiger partial charge in [0.2, 0.25) is 0 Å². The highest BCUT2D eigenvalue weighted by Gasteiger charge is 2.34. The van der Waals surface area contributed by atoms with E-state index in [-0.39, 0.29) is 5.41 Å². The molecule has 3 rings (SSSR count). The molecule has 0 aliphatic heterocycles. The molecule has 0 amide bonds. The average molecular weight is 331 g/mol. The first-order valence-corrected chi connectivity index (χ1v) is 11.1. The highest BCUT2D eigenvalue weighted by molar-refractivity contribution is 7.10. The third kappa shape index (κ3) is 3.09. The lowest BCUT2D eigenvalue weighted by Gasteiger charge is -2.31. The smallest absolute Gasteiger partial charge is 0.0624 e. The second-order valence-corrected chi connectivity index (χ2v) is 11.7. The minimum Gasteiger partial charge on any atom is -0.0624 e. The number of hydrogen-bond acceptors (Lipinski definition) is 0. The van der Waals surface area contributed by atoms with Crippen LogP contribution < -0.4 is 15.6 Å². The van der Waals surface area contributed by atoms with Crippen LogP contribution >= 0.6 is 0 Å². The quantitative estimate of drug-likeness (QED) is 0.501. The van der Waals surface area contributed by atoms with Gasteiger partial charge in [0.25, 0.3) is 0 Å². The van der Waals surface area contributed by atoms with Gasteiger partial charge in [-0.05, 0) is 26.5 Å². The third-order valence-corrected chi connectivity index (χ3v) is 9.45. The Balaban J connectivity index is 2.24. The van der Waals surface area contributed by atoms with Gasteiger partial charge in [-0.3, -0.25) is 0 Å². The Labute approximate surface area is 147 Å². The molecule has 0 unspecified atom stereocenters. The van der Waals surface area contributed by atoms with Crippen LogP contribution in [0.1, 0.15) is 26.3 Å². The molecule has 0 aliphatic rings. The van der Waals surface area contributed by atoms with Crippen LogP contribution in [0.2, 0.25) is 6.55 Å². The van der Waals surface area contributed by atoms with Gasteiger partial charge in [-0.1, -0.05) is 112 Å². The molecule has 0 spiro atoms. The van der Waals surface area contributed by atoms with E-state index in [4.69, 9.17) is 0 Å². The summed E-state index contributed by atoms with van der Waals surface area (Å²) < 4.78 is 0. The average Bonchev–Trinajstić information content (AvgIpc) is 2.62. The molecule has 0 atom stereocenters. The molecule has 0 nitrogen and oxygen atoms in total. The van der Waals surface area contributed by atoms with Gasteiger partial charge in [0.05, 0.1) is 0 Å². The van der Waals surface area contributed by atoms with Gasteiger partial charge in [-0.25, -0.2) is 0 Å². The number of hydrogen-bond donors (Lipinski definition) is 0. The van der Waals surface area contributed by atoms with Gasteiger partial charge in [-0.15, -0.1) is 0 Å². The van der Waals surface area contributed by atoms with Crippen LogP contribution in [-0.4, -0.2) is 8.07 Å². The third-order valence-electron chi connectivity index (χ3n) is 5.01. The second-order valence-electron chi connectivity index (χ2n) is 7.69. The summed E-state index contributed by atoms with van der Waals surface area (Å²) in [6.07, 6.45) is 0. The Bertz CT molecular complexity index is 759. The summed E-state index contributed by atoms with van der Waals surface area (Å²) in [5.41, 5.74) is 1.57. The van der Waals surface area contributed by atoms with Crippen molar-refractivity contribution in [3.63, 3.8) is 0 Å². The van der Waals surface area contributed by atoms with Crippen molar-refractivity contribution in [3.05, 3.63) is 90.5 Å². The first-order valence-electron chi connectivity index (χ1n) is 8.64. The van der Waals surface area contributed by atoms with Crippen LogP contribution in [0, 0.1) is 0 Å². The Kier molecular flexibility index (Phi) is 4.47. The molecular formula is C23H26Si. The van der Waals surface area contributed by atoms with E-state index in [0.29, 0.717) is 0 Å². The largest absolute Gasteiger partial charge is 0.145 e. The van der Waals surface area contributed by atoms with Crippen LogP contribution in [0.25, 0.3) is 0 Å². The molecule has 0 radical (unpaired) electrons. The van der Waals surface area contributed by atoms with Gasteiger partial charge in [0, 0.05) is 0 Å². The van der Waals surface area contributed by atoms with Crippen molar-refractivity contribution in [2.75, 3.05) is 0 Å². The van der Waals surface area contributed by atoms with E-state index in [0.717, 1.165) is 0 Å². The Morgan fingerprint density at radius 2 is 1.04 bits per heavy atom. The first kappa shape index (κ1) is 16.7. The Morgan fingerprint density at radius 3 is 1.50 bits per heavy atom. The fourth-order valence-corrected chi connectivity index (χ4v) is 6.93. The van der Waals surface area contributed by atoms with Crippen molar-refractivity contribution < 1.29 is 0 Å². The molecule has 1 heteroatoms. The lowest BCUT2D eigenvalue weighted by atomic mass is 9.87. The van der Waals surface area contributed by atoms with Gasteiger partial charge in [-0.2, -0.15) is 0 Å². The molecule has 122 valence electrons. The van der Waals surface area contributed by atoms with E-state index < -0.39 is 8.07 Å². The van der Waals surface area contributed by atoms with Crippen LogP contribution in [0.3, 0.4) is 0 Å². The van der Waals surface area contributed by atoms with Crippen LogP contribution in [0.5, 0.6) is 0 Å². The number of benzene rings is 3. The molecule has 0 fully saturated rings. The van der Waals surface area contributed by atoms with Crippen molar-refractivity contribution in [2.45, 2.75) is 32.7 Å². The predicted octanol–water partition coefficient (Wildman–Crippen LogP) is 4.08. The molecule has 0 bridgehead atoms. The van der Waals surface area contributed by atoms with E-state index >= 15 is 0 Å².